The van der Waals surface area contributed by atoms with Crippen LogP contribution < -0.4 is 0 Å². The minimum absolute atomic E-state index is 0.648. The molecule has 1 heterocycles. The molecule has 1 rings (SSSR count). The highest BCUT2D eigenvalue weighted by Crippen LogP contribution is 2.13. The smallest absolute Gasteiger partial charge is 0.138 e. The molecule has 0 aromatic carbocycles. The molecule has 0 bridgehead atoms. The van der Waals surface area contributed by atoms with Gasteiger partial charge in [0.2, 0.25) is 0 Å². The molecule has 0 saturated carbocycles. The Morgan fingerprint density at radius 1 is 1.33 bits per heavy atom. The Bertz CT molecular complexity index is 231. The molecule has 0 atom stereocenters. The lowest BCUT2D eigenvalue weighted by molar-refractivity contribution is 1.00. The van der Waals surface area contributed by atoms with Crippen molar-refractivity contribution in [2.75, 3.05) is 0 Å². The van der Waals surface area contributed by atoms with E-state index in [0.717, 1.165) is 17.1 Å². The van der Waals surface area contributed by atoms with Crippen LogP contribution >= 0.6 is 11.8 Å². The molecule has 0 aliphatic heterocycles. The van der Waals surface area contributed by atoms with E-state index in [0.29, 0.717) is 5.25 Å². The molecule has 3 heteroatoms. The molecule has 0 amide bonds. The van der Waals surface area contributed by atoms with Gasteiger partial charge in [0.1, 0.15) is 5.82 Å². The van der Waals surface area contributed by atoms with E-state index in [1.807, 2.05) is 31.1 Å². The van der Waals surface area contributed by atoms with Gasteiger partial charge in [0.05, 0.1) is 5.75 Å². The predicted octanol–water partition coefficient (Wildman–Crippen LogP) is 2.43. The Kier molecular flexibility index (Phi) is 3.53. The van der Waals surface area contributed by atoms with E-state index < -0.39 is 0 Å². The van der Waals surface area contributed by atoms with Gasteiger partial charge in [-0.15, -0.1) is 0 Å². The van der Waals surface area contributed by atoms with Crippen LogP contribution in [0.5, 0.6) is 0 Å². The maximum atomic E-state index is 4.22. The number of aromatic nitrogens is 2. The van der Waals surface area contributed by atoms with E-state index in [-0.39, 0.29) is 0 Å². The zero-order valence-electron chi connectivity index (χ0n) is 7.74. The molecule has 0 fully saturated rings. The van der Waals surface area contributed by atoms with Gasteiger partial charge in [-0.3, -0.25) is 0 Å². The lowest BCUT2D eigenvalue weighted by atomic mass is 10.4. The minimum Gasteiger partial charge on any atom is -0.240 e. The van der Waals surface area contributed by atoms with Gasteiger partial charge >= 0.3 is 0 Å². The second kappa shape index (κ2) is 4.45. The van der Waals surface area contributed by atoms with Crippen LogP contribution in [0.4, 0.5) is 0 Å². The average Bonchev–Trinajstić information content (AvgIpc) is 2.03. The zero-order chi connectivity index (χ0) is 8.97. The van der Waals surface area contributed by atoms with Crippen LogP contribution in [0.25, 0.3) is 0 Å². The van der Waals surface area contributed by atoms with Crippen molar-refractivity contribution >= 4 is 11.8 Å². The molecule has 0 radical (unpaired) electrons. The number of hydrogen-bond donors (Lipinski definition) is 0. The van der Waals surface area contributed by atoms with Gasteiger partial charge in [0.25, 0.3) is 0 Å². The number of aryl methyl sites for hydroxylation is 1. The fraction of sp³-hybridized carbons (Fsp3) is 0.556. The van der Waals surface area contributed by atoms with Gasteiger partial charge < -0.3 is 0 Å². The minimum atomic E-state index is 0.648. The molecule has 0 saturated heterocycles. The highest BCUT2D eigenvalue weighted by molar-refractivity contribution is 7.99. The normalized spacial score (nSPS) is 10.7. The molecule has 12 heavy (non-hydrogen) atoms. The van der Waals surface area contributed by atoms with Crippen LogP contribution in [-0.2, 0) is 5.75 Å². The predicted molar refractivity (Wildman–Crippen MR) is 53.2 cm³/mol. The molecule has 0 aliphatic carbocycles. The molecule has 0 aliphatic rings. The molecule has 66 valence electrons. The van der Waals surface area contributed by atoms with Gasteiger partial charge in [0, 0.05) is 12.4 Å². The maximum absolute atomic E-state index is 4.22. The molecular weight excluding hydrogens is 168 g/mol. The second-order valence-electron chi connectivity index (χ2n) is 3.04. The van der Waals surface area contributed by atoms with Crippen molar-refractivity contribution < 1.29 is 0 Å². The van der Waals surface area contributed by atoms with Gasteiger partial charge in [-0.05, 0) is 17.7 Å². The van der Waals surface area contributed by atoms with E-state index >= 15 is 0 Å². The summed E-state index contributed by atoms with van der Waals surface area (Å²) in [7, 11) is 0. The van der Waals surface area contributed by atoms with Crippen molar-refractivity contribution in [1.29, 1.82) is 0 Å². The zero-order valence-corrected chi connectivity index (χ0v) is 8.56. The van der Waals surface area contributed by atoms with Crippen molar-refractivity contribution in [2.45, 2.75) is 31.8 Å². The van der Waals surface area contributed by atoms with Gasteiger partial charge in [0.15, 0.2) is 0 Å². The molecule has 1 aromatic heterocycles. The number of rotatable bonds is 3. The summed E-state index contributed by atoms with van der Waals surface area (Å²) in [6, 6.07) is 0. The Hall–Kier alpha value is -0.570. The Labute approximate surface area is 77.8 Å². The topological polar surface area (TPSA) is 25.8 Å². The monoisotopic (exact) mass is 182 g/mol. The summed E-state index contributed by atoms with van der Waals surface area (Å²) in [6.45, 7) is 6.36. The summed E-state index contributed by atoms with van der Waals surface area (Å²) >= 11 is 1.87. The lowest BCUT2D eigenvalue weighted by Crippen LogP contribution is -1.95. The molecule has 2 nitrogen and oxygen atoms in total. The fourth-order valence-electron chi connectivity index (χ4n) is 0.735. The molecular formula is C9H14N2S. The third-order valence-corrected chi connectivity index (χ3v) is 2.47. The van der Waals surface area contributed by atoms with Crippen LogP contribution in [0.1, 0.15) is 25.2 Å². The van der Waals surface area contributed by atoms with Gasteiger partial charge in [-0.2, -0.15) is 11.8 Å². The van der Waals surface area contributed by atoms with Crippen molar-refractivity contribution in [3.8, 4) is 0 Å². The van der Waals surface area contributed by atoms with Crippen LogP contribution in [0.2, 0.25) is 0 Å². The summed E-state index contributed by atoms with van der Waals surface area (Å²) in [6.07, 6.45) is 3.73. The number of thioether (sulfide) groups is 1. The molecule has 0 spiro atoms. The van der Waals surface area contributed by atoms with Crippen LogP contribution in [0.15, 0.2) is 12.4 Å². The SMILES string of the molecule is Cc1cnc(CSC(C)C)nc1. The first kappa shape index (κ1) is 9.52. The summed E-state index contributed by atoms with van der Waals surface area (Å²) < 4.78 is 0. The third kappa shape index (κ3) is 3.22. The van der Waals surface area contributed by atoms with Crippen molar-refractivity contribution in [2.24, 2.45) is 0 Å². The Morgan fingerprint density at radius 2 is 1.92 bits per heavy atom. The van der Waals surface area contributed by atoms with Crippen LogP contribution in [-0.4, -0.2) is 15.2 Å². The van der Waals surface area contributed by atoms with Gasteiger partial charge in [-0.25, -0.2) is 9.97 Å². The lowest BCUT2D eigenvalue weighted by Gasteiger charge is -2.02. The first-order valence-corrected chi connectivity index (χ1v) is 5.12. The molecule has 0 N–H and O–H groups in total. The Balaban J connectivity index is 2.48. The largest absolute Gasteiger partial charge is 0.240 e. The van der Waals surface area contributed by atoms with E-state index in [4.69, 9.17) is 0 Å². The average molecular weight is 182 g/mol. The van der Waals surface area contributed by atoms with E-state index in [2.05, 4.69) is 23.8 Å². The number of hydrogen-bond acceptors (Lipinski definition) is 3. The van der Waals surface area contributed by atoms with E-state index in [9.17, 15) is 0 Å². The highest BCUT2D eigenvalue weighted by Gasteiger charge is 1.98. The summed E-state index contributed by atoms with van der Waals surface area (Å²) in [5, 5.41) is 0.648. The first-order chi connectivity index (χ1) is 5.68. The van der Waals surface area contributed by atoms with Crippen LogP contribution in [0.3, 0.4) is 0 Å². The second-order valence-corrected chi connectivity index (χ2v) is 4.60. The fourth-order valence-corrected chi connectivity index (χ4v) is 1.37. The van der Waals surface area contributed by atoms with Crippen LogP contribution in [0, 0.1) is 6.92 Å². The maximum Gasteiger partial charge on any atom is 0.138 e. The van der Waals surface area contributed by atoms with Gasteiger partial charge in [-0.1, -0.05) is 13.8 Å². The standard InChI is InChI=1S/C9H14N2S/c1-7(2)12-6-9-10-4-8(3)5-11-9/h4-5,7H,6H2,1-3H3. The van der Waals surface area contributed by atoms with Crippen molar-refractivity contribution in [1.82, 2.24) is 9.97 Å². The number of nitrogens with zero attached hydrogens (tertiary/aromatic N) is 2. The Morgan fingerprint density at radius 3 is 2.42 bits per heavy atom. The summed E-state index contributed by atoms with van der Waals surface area (Å²) in [5.74, 6) is 1.84. The quantitative estimate of drug-likeness (QED) is 0.718. The summed E-state index contributed by atoms with van der Waals surface area (Å²) in [4.78, 5) is 8.44. The summed E-state index contributed by atoms with van der Waals surface area (Å²) in [5.41, 5.74) is 1.12. The highest BCUT2D eigenvalue weighted by atomic mass is 32.2. The molecule has 1 aromatic rings. The van der Waals surface area contributed by atoms with Crippen molar-refractivity contribution in [3.63, 3.8) is 0 Å². The van der Waals surface area contributed by atoms with E-state index in [1.165, 1.54) is 0 Å². The van der Waals surface area contributed by atoms with E-state index in [1.54, 1.807) is 0 Å². The third-order valence-electron chi connectivity index (χ3n) is 1.38. The van der Waals surface area contributed by atoms with Crippen molar-refractivity contribution in [3.05, 3.63) is 23.8 Å². The molecule has 0 unspecified atom stereocenters. The first-order valence-electron chi connectivity index (χ1n) is 4.07.